The zero-order valence-electron chi connectivity index (χ0n) is 18.6. The van der Waals surface area contributed by atoms with E-state index in [-0.39, 0.29) is 4.87 Å². The average molecular weight is 465 g/mol. The molecule has 0 radical (unpaired) electrons. The Kier molecular flexibility index (Phi) is 6.41. The summed E-state index contributed by atoms with van der Waals surface area (Å²) >= 11 is 1.25. The van der Waals surface area contributed by atoms with Crippen LogP contribution in [0.1, 0.15) is 30.1 Å². The molecule has 0 aliphatic carbocycles. The van der Waals surface area contributed by atoms with Gasteiger partial charge in [0.15, 0.2) is 0 Å². The summed E-state index contributed by atoms with van der Waals surface area (Å²) in [5.74, 6) is 0.764. The second-order valence-electron chi connectivity index (χ2n) is 8.60. The van der Waals surface area contributed by atoms with Gasteiger partial charge in [-0.1, -0.05) is 17.4 Å². The van der Waals surface area contributed by atoms with Gasteiger partial charge in [0.2, 0.25) is 0 Å². The van der Waals surface area contributed by atoms with Gasteiger partial charge in [-0.05, 0) is 73.5 Å². The first kappa shape index (κ1) is 22.0. The number of likely N-dealkylation sites (tertiary alicyclic amines) is 1. The lowest BCUT2D eigenvalue weighted by molar-refractivity contribution is 0.0949. The second kappa shape index (κ2) is 9.61. The van der Waals surface area contributed by atoms with Crippen LogP contribution in [0, 0.1) is 0 Å². The highest BCUT2D eigenvalue weighted by molar-refractivity contribution is 7.16. The Labute approximate surface area is 196 Å². The molecule has 1 fully saturated rings. The van der Waals surface area contributed by atoms with Crippen molar-refractivity contribution >= 4 is 32.5 Å². The first-order chi connectivity index (χ1) is 16.1. The van der Waals surface area contributed by atoms with Gasteiger partial charge in [0.1, 0.15) is 5.75 Å². The number of piperidine rings is 1. The van der Waals surface area contributed by atoms with E-state index in [0.29, 0.717) is 12.6 Å². The number of H-pyrrole nitrogens is 1. The molecule has 7 nitrogen and oxygen atoms in total. The minimum absolute atomic E-state index is 0.0106. The molecule has 1 saturated heterocycles. The maximum atomic E-state index is 11.5. The number of thiazole rings is 1. The van der Waals surface area contributed by atoms with Crippen molar-refractivity contribution in [1.29, 1.82) is 0 Å². The zero-order chi connectivity index (χ0) is 22.8. The highest BCUT2D eigenvalue weighted by atomic mass is 32.1. The summed E-state index contributed by atoms with van der Waals surface area (Å²) in [7, 11) is 1.65. The zero-order valence-corrected chi connectivity index (χ0v) is 19.4. The summed E-state index contributed by atoms with van der Waals surface area (Å²) in [5.41, 5.74) is 3.84. The molecule has 33 heavy (non-hydrogen) atoms. The van der Waals surface area contributed by atoms with Crippen molar-refractivity contribution in [1.82, 2.24) is 20.2 Å². The summed E-state index contributed by atoms with van der Waals surface area (Å²) in [5, 5.41) is 15.6. The Morgan fingerprint density at radius 2 is 2.09 bits per heavy atom. The fourth-order valence-electron chi connectivity index (χ4n) is 4.60. The summed E-state index contributed by atoms with van der Waals surface area (Å²) in [6, 6.07) is 14.3. The van der Waals surface area contributed by atoms with Crippen molar-refractivity contribution in [2.75, 3.05) is 26.7 Å². The van der Waals surface area contributed by atoms with E-state index >= 15 is 0 Å². The minimum Gasteiger partial charge on any atom is -0.497 e. The molecule has 172 valence electrons. The molecule has 0 bridgehead atoms. The number of aliphatic hydroxyl groups is 1. The van der Waals surface area contributed by atoms with E-state index in [1.165, 1.54) is 16.9 Å². The van der Waals surface area contributed by atoms with E-state index in [9.17, 15) is 9.90 Å². The number of fused-ring (bicyclic) bond motifs is 2. The number of methoxy groups -OCH3 is 1. The van der Waals surface area contributed by atoms with E-state index in [4.69, 9.17) is 4.74 Å². The minimum atomic E-state index is -0.577. The van der Waals surface area contributed by atoms with Crippen LogP contribution in [-0.4, -0.2) is 52.8 Å². The van der Waals surface area contributed by atoms with Crippen LogP contribution in [0.25, 0.3) is 21.1 Å². The Hall–Kier alpha value is -2.78. The van der Waals surface area contributed by atoms with Gasteiger partial charge < -0.3 is 25.0 Å². The number of ether oxygens (including phenoxy) is 1. The quantitative estimate of drug-likeness (QED) is 0.388. The van der Waals surface area contributed by atoms with Crippen LogP contribution in [0.15, 0.2) is 53.5 Å². The maximum Gasteiger partial charge on any atom is 0.305 e. The van der Waals surface area contributed by atoms with Gasteiger partial charge in [-0.3, -0.25) is 9.78 Å². The first-order valence-electron chi connectivity index (χ1n) is 11.3. The van der Waals surface area contributed by atoms with E-state index in [1.807, 2.05) is 30.3 Å². The largest absolute Gasteiger partial charge is 0.497 e. The number of aromatic amines is 1. The van der Waals surface area contributed by atoms with Crippen molar-refractivity contribution in [3.8, 4) is 5.75 Å². The molecule has 0 amide bonds. The number of pyridine rings is 1. The molecule has 3 heterocycles. The Morgan fingerprint density at radius 3 is 2.91 bits per heavy atom. The maximum absolute atomic E-state index is 11.5. The molecule has 2 aromatic carbocycles. The summed E-state index contributed by atoms with van der Waals surface area (Å²) < 4.78 is 6.35. The number of aromatic nitrogens is 2. The highest BCUT2D eigenvalue weighted by Gasteiger charge is 2.22. The number of β-amino-alcohol motifs (C(OH)–C–C–N with tert-alkyl or cyclic N) is 1. The van der Waals surface area contributed by atoms with Crippen LogP contribution in [0.3, 0.4) is 0 Å². The van der Waals surface area contributed by atoms with Gasteiger partial charge in [0.25, 0.3) is 0 Å². The van der Waals surface area contributed by atoms with Crippen molar-refractivity contribution in [2.45, 2.75) is 31.5 Å². The van der Waals surface area contributed by atoms with Crippen molar-refractivity contribution in [3.05, 3.63) is 69.5 Å². The van der Waals surface area contributed by atoms with Gasteiger partial charge in [0.05, 0.1) is 28.9 Å². The van der Waals surface area contributed by atoms with Crippen LogP contribution in [0.5, 0.6) is 5.75 Å². The third kappa shape index (κ3) is 4.94. The number of hydrogen-bond acceptors (Lipinski definition) is 7. The number of hydrogen-bond donors (Lipinski definition) is 3. The summed E-state index contributed by atoms with van der Waals surface area (Å²) in [6.07, 6.45) is 3.25. The summed E-state index contributed by atoms with van der Waals surface area (Å²) in [6.45, 7) is 3.27. The van der Waals surface area contributed by atoms with Crippen molar-refractivity contribution < 1.29 is 9.84 Å². The molecule has 0 saturated carbocycles. The lowest BCUT2D eigenvalue weighted by Crippen LogP contribution is -2.43. The monoisotopic (exact) mass is 464 g/mol. The van der Waals surface area contributed by atoms with Crippen LogP contribution in [-0.2, 0) is 6.54 Å². The highest BCUT2D eigenvalue weighted by Crippen LogP contribution is 2.28. The Bertz CT molecular complexity index is 1310. The van der Waals surface area contributed by atoms with Gasteiger partial charge in [0, 0.05) is 30.7 Å². The summed E-state index contributed by atoms with van der Waals surface area (Å²) in [4.78, 5) is 21.1. The van der Waals surface area contributed by atoms with Gasteiger partial charge in [-0.15, -0.1) is 0 Å². The SMILES string of the molecule is COc1ccc2nccc([C@@H](O)CN3CCC(NCc4ccc5sc(=O)[nH]c5c4)CC3)c2c1. The molecule has 3 N–H and O–H groups in total. The molecule has 0 unspecified atom stereocenters. The predicted octanol–water partition coefficient (Wildman–Crippen LogP) is 3.43. The predicted molar refractivity (Wildman–Crippen MR) is 132 cm³/mol. The van der Waals surface area contributed by atoms with Crippen LogP contribution in [0.2, 0.25) is 0 Å². The van der Waals surface area contributed by atoms with Gasteiger partial charge in [-0.25, -0.2) is 0 Å². The number of aliphatic hydroxyl groups excluding tert-OH is 1. The standard InChI is InChI=1S/C25H28N4O3S/c1-32-18-3-4-21-20(13-18)19(6-9-26-21)23(30)15-29-10-7-17(8-11-29)27-14-16-2-5-24-22(12-16)28-25(31)33-24/h2-6,9,12-13,17,23,27,30H,7-8,10-11,14-15H2,1H3,(H,28,31)/t23-/m0/s1. The van der Waals surface area contributed by atoms with Crippen molar-refractivity contribution in [3.63, 3.8) is 0 Å². The molecular weight excluding hydrogens is 436 g/mol. The van der Waals surface area contributed by atoms with E-state index in [2.05, 4.69) is 32.3 Å². The smallest absolute Gasteiger partial charge is 0.305 e. The lowest BCUT2D eigenvalue weighted by Gasteiger charge is -2.33. The number of benzene rings is 2. The molecular formula is C25H28N4O3S. The third-order valence-corrected chi connectivity index (χ3v) is 7.30. The topological polar surface area (TPSA) is 90.5 Å². The molecule has 4 aromatic rings. The molecule has 1 aliphatic rings. The van der Waals surface area contributed by atoms with Crippen LogP contribution < -0.4 is 14.9 Å². The number of nitrogens with zero attached hydrogens (tertiary/aromatic N) is 2. The third-order valence-electron chi connectivity index (χ3n) is 6.44. The molecule has 1 atom stereocenters. The second-order valence-corrected chi connectivity index (χ2v) is 9.61. The van der Waals surface area contributed by atoms with E-state index in [0.717, 1.165) is 64.9 Å². The fraction of sp³-hybridized carbons (Fsp3) is 0.360. The first-order valence-corrected chi connectivity index (χ1v) is 12.1. The molecule has 5 rings (SSSR count). The van der Waals surface area contributed by atoms with Crippen LogP contribution in [0.4, 0.5) is 0 Å². The molecule has 2 aromatic heterocycles. The fourth-order valence-corrected chi connectivity index (χ4v) is 5.31. The lowest BCUT2D eigenvalue weighted by atomic mass is 10.0. The van der Waals surface area contributed by atoms with Gasteiger partial charge in [-0.2, -0.15) is 0 Å². The molecule has 1 aliphatic heterocycles. The Balaban J connectivity index is 1.16. The molecule has 8 heteroatoms. The molecule has 0 spiro atoms. The number of nitrogens with one attached hydrogen (secondary N) is 2. The van der Waals surface area contributed by atoms with Crippen LogP contribution >= 0.6 is 11.3 Å². The number of rotatable bonds is 7. The normalized spacial score (nSPS) is 16.4. The van der Waals surface area contributed by atoms with E-state index < -0.39 is 6.10 Å². The van der Waals surface area contributed by atoms with Gasteiger partial charge >= 0.3 is 4.87 Å². The average Bonchev–Trinajstić information content (AvgIpc) is 3.22. The van der Waals surface area contributed by atoms with Crippen molar-refractivity contribution in [2.24, 2.45) is 0 Å². The Morgan fingerprint density at radius 1 is 1.24 bits per heavy atom. The van der Waals surface area contributed by atoms with E-state index in [1.54, 1.807) is 13.3 Å².